The van der Waals surface area contributed by atoms with Crippen LogP contribution in [0.1, 0.15) is 28.9 Å². The highest BCUT2D eigenvalue weighted by Crippen LogP contribution is 2.24. The zero-order chi connectivity index (χ0) is 13.8. The number of nitrogens with one attached hydrogen (secondary N) is 2. The Morgan fingerprint density at radius 2 is 2.26 bits per heavy atom. The fraction of sp³-hybridized carbons (Fsp3) is 0.571. The number of carbonyl (C=O) groups is 1. The van der Waals surface area contributed by atoms with E-state index in [4.69, 9.17) is 0 Å². The van der Waals surface area contributed by atoms with E-state index in [2.05, 4.69) is 27.6 Å². The minimum absolute atomic E-state index is 0.0685. The third-order valence-corrected chi connectivity index (χ3v) is 3.47. The predicted molar refractivity (Wildman–Crippen MR) is 76.5 cm³/mol. The molecule has 0 aliphatic heterocycles. The second-order valence-electron chi connectivity index (χ2n) is 5.09. The molecule has 0 saturated heterocycles. The first-order valence-corrected chi connectivity index (χ1v) is 6.74. The number of rotatable bonds is 6. The fourth-order valence-corrected chi connectivity index (χ4v) is 2.09. The molecule has 19 heavy (non-hydrogen) atoms. The summed E-state index contributed by atoms with van der Waals surface area (Å²) >= 11 is 0. The number of aromatic nitrogens is 1. The molecule has 1 aromatic rings. The van der Waals surface area contributed by atoms with Crippen LogP contribution in [0.25, 0.3) is 0 Å². The highest BCUT2D eigenvalue weighted by Gasteiger charge is 2.25. The van der Waals surface area contributed by atoms with E-state index < -0.39 is 0 Å². The first-order chi connectivity index (χ1) is 9.11. The van der Waals surface area contributed by atoms with E-state index in [0.29, 0.717) is 12.1 Å². The number of nitrogens with zero attached hydrogens (tertiary/aromatic N) is 2. The number of aryl methyl sites for hydroxylation is 1. The van der Waals surface area contributed by atoms with E-state index in [1.165, 1.54) is 12.8 Å². The Labute approximate surface area is 114 Å². The normalized spacial score (nSPS) is 14.5. The van der Waals surface area contributed by atoms with Crippen LogP contribution in [0.4, 0.5) is 5.69 Å². The van der Waals surface area contributed by atoms with E-state index in [-0.39, 0.29) is 5.91 Å². The van der Waals surface area contributed by atoms with Gasteiger partial charge in [-0.2, -0.15) is 0 Å². The summed E-state index contributed by atoms with van der Waals surface area (Å²) < 4.78 is 0. The van der Waals surface area contributed by atoms with E-state index in [1.54, 1.807) is 6.20 Å². The van der Waals surface area contributed by atoms with Crippen molar-refractivity contribution in [3.63, 3.8) is 0 Å². The molecule has 1 aromatic heterocycles. The molecule has 0 spiro atoms. The molecule has 0 atom stereocenters. The third kappa shape index (κ3) is 3.67. The molecule has 0 bridgehead atoms. The van der Waals surface area contributed by atoms with Crippen LogP contribution in [0.2, 0.25) is 0 Å². The van der Waals surface area contributed by atoms with Crippen LogP contribution in [-0.2, 0) is 0 Å². The van der Waals surface area contributed by atoms with Gasteiger partial charge in [0, 0.05) is 38.1 Å². The zero-order valence-corrected chi connectivity index (χ0v) is 11.9. The monoisotopic (exact) mass is 262 g/mol. The Kier molecular flexibility index (Phi) is 4.37. The minimum atomic E-state index is -0.0685. The lowest BCUT2D eigenvalue weighted by atomic mass is 10.2. The van der Waals surface area contributed by atoms with Crippen LogP contribution in [0, 0.1) is 6.92 Å². The maximum Gasteiger partial charge on any atom is 0.254 e. The SMILES string of the molecule is CNc1cc(C)ncc1C(=O)NCCN(C)C1CC1. The Morgan fingerprint density at radius 1 is 1.53 bits per heavy atom. The van der Waals surface area contributed by atoms with E-state index in [0.717, 1.165) is 24.0 Å². The summed E-state index contributed by atoms with van der Waals surface area (Å²) in [7, 11) is 3.92. The van der Waals surface area contributed by atoms with Gasteiger partial charge in [0.1, 0.15) is 0 Å². The van der Waals surface area contributed by atoms with Crippen LogP contribution in [0.5, 0.6) is 0 Å². The second kappa shape index (κ2) is 6.02. The third-order valence-electron chi connectivity index (χ3n) is 3.47. The number of anilines is 1. The molecule has 0 unspecified atom stereocenters. The summed E-state index contributed by atoms with van der Waals surface area (Å²) in [4.78, 5) is 18.6. The van der Waals surface area contributed by atoms with Crippen molar-refractivity contribution in [3.8, 4) is 0 Å². The molecule has 5 heteroatoms. The molecule has 2 rings (SSSR count). The van der Waals surface area contributed by atoms with Crippen molar-refractivity contribution < 1.29 is 4.79 Å². The quantitative estimate of drug-likeness (QED) is 0.810. The number of likely N-dealkylation sites (N-methyl/N-ethyl adjacent to an activating group) is 1. The molecule has 2 N–H and O–H groups in total. The Morgan fingerprint density at radius 3 is 2.89 bits per heavy atom. The van der Waals surface area contributed by atoms with Crippen molar-refractivity contribution in [3.05, 3.63) is 23.5 Å². The lowest BCUT2D eigenvalue weighted by molar-refractivity contribution is 0.0950. The second-order valence-corrected chi connectivity index (χ2v) is 5.09. The molecule has 0 aromatic carbocycles. The molecule has 1 amide bonds. The Bertz CT molecular complexity index is 457. The maximum absolute atomic E-state index is 12.1. The van der Waals surface area contributed by atoms with E-state index in [9.17, 15) is 4.79 Å². The molecule has 1 aliphatic rings. The standard InChI is InChI=1S/C14H22N4O/c1-10-8-13(15-2)12(9-17-10)14(19)16-6-7-18(3)11-4-5-11/h8-9,11H,4-7H2,1-3H3,(H,15,17)(H,16,19). The average molecular weight is 262 g/mol. The molecule has 1 heterocycles. The van der Waals surface area contributed by atoms with Gasteiger partial charge < -0.3 is 15.5 Å². The molecular formula is C14H22N4O. The van der Waals surface area contributed by atoms with Gasteiger partial charge in [0.05, 0.1) is 11.3 Å². The lowest BCUT2D eigenvalue weighted by Gasteiger charge is -2.16. The van der Waals surface area contributed by atoms with Gasteiger partial charge in [-0.15, -0.1) is 0 Å². The molecular weight excluding hydrogens is 240 g/mol. The molecule has 1 aliphatic carbocycles. The van der Waals surface area contributed by atoms with Crippen LogP contribution < -0.4 is 10.6 Å². The number of pyridine rings is 1. The van der Waals surface area contributed by atoms with Crippen molar-refractivity contribution in [2.24, 2.45) is 0 Å². The van der Waals surface area contributed by atoms with Crippen molar-refractivity contribution >= 4 is 11.6 Å². The van der Waals surface area contributed by atoms with Crippen molar-refractivity contribution in [2.75, 3.05) is 32.5 Å². The minimum Gasteiger partial charge on any atom is -0.387 e. The summed E-state index contributed by atoms with van der Waals surface area (Å²) in [6, 6.07) is 2.61. The largest absolute Gasteiger partial charge is 0.387 e. The van der Waals surface area contributed by atoms with Gasteiger partial charge in [-0.05, 0) is 32.9 Å². The van der Waals surface area contributed by atoms with Crippen molar-refractivity contribution in [1.82, 2.24) is 15.2 Å². The highest BCUT2D eigenvalue weighted by atomic mass is 16.1. The lowest BCUT2D eigenvalue weighted by Crippen LogP contribution is -2.34. The van der Waals surface area contributed by atoms with Gasteiger partial charge in [0.2, 0.25) is 0 Å². The van der Waals surface area contributed by atoms with Crippen LogP contribution in [0.3, 0.4) is 0 Å². The first kappa shape index (κ1) is 13.8. The number of amides is 1. The molecule has 0 radical (unpaired) electrons. The van der Waals surface area contributed by atoms with Gasteiger partial charge in [-0.1, -0.05) is 0 Å². The summed E-state index contributed by atoms with van der Waals surface area (Å²) in [5.41, 5.74) is 2.32. The molecule has 104 valence electrons. The van der Waals surface area contributed by atoms with Crippen LogP contribution in [-0.4, -0.2) is 49.0 Å². The Balaban J connectivity index is 1.88. The molecule has 1 fully saturated rings. The van der Waals surface area contributed by atoms with Gasteiger partial charge in [-0.3, -0.25) is 9.78 Å². The fourth-order valence-electron chi connectivity index (χ4n) is 2.09. The summed E-state index contributed by atoms with van der Waals surface area (Å²) in [5.74, 6) is -0.0685. The Hall–Kier alpha value is -1.62. The van der Waals surface area contributed by atoms with Crippen molar-refractivity contribution in [2.45, 2.75) is 25.8 Å². The van der Waals surface area contributed by atoms with Crippen LogP contribution in [0.15, 0.2) is 12.3 Å². The van der Waals surface area contributed by atoms with Gasteiger partial charge >= 0.3 is 0 Å². The zero-order valence-electron chi connectivity index (χ0n) is 11.9. The predicted octanol–water partition coefficient (Wildman–Crippen LogP) is 1.26. The summed E-state index contributed by atoms with van der Waals surface area (Å²) in [5, 5.41) is 5.98. The van der Waals surface area contributed by atoms with Gasteiger partial charge in [0.25, 0.3) is 5.91 Å². The summed E-state index contributed by atoms with van der Waals surface area (Å²) in [6.45, 7) is 3.47. The number of hydrogen-bond acceptors (Lipinski definition) is 4. The van der Waals surface area contributed by atoms with Crippen molar-refractivity contribution in [1.29, 1.82) is 0 Å². The topological polar surface area (TPSA) is 57.3 Å². The average Bonchev–Trinajstić information content (AvgIpc) is 3.22. The van der Waals surface area contributed by atoms with Gasteiger partial charge in [-0.25, -0.2) is 0 Å². The number of hydrogen-bond donors (Lipinski definition) is 2. The summed E-state index contributed by atoms with van der Waals surface area (Å²) in [6.07, 6.45) is 4.20. The van der Waals surface area contributed by atoms with Crippen LogP contribution >= 0.6 is 0 Å². The smallest absolute Gasteiger partial charge is 0.254 e. The molecule has 5 nitrogen and oxygen atoms in total. The molecule has 1 saturated carbocycles. The van der Waals surface area contributed by atoms with Gasteiger partial charge in [0.15, 0.2) is 0 Å². The maximum atomic E-state index is 12.1. The highest BCUT2D eigenvalue weighted by molar-refractivity contribution is 5.99. The number of carbonyl (C=O) groups excluding carboxylic acids is 1. The first-order valence-electron chi connectivity index (χ1n) is 6.74. The van der Waals surface area contributed by atoms with E-state index >= 15 is 0 Å². The van der Waals surface area contributed by atoms with E-state index in [1.807, 2.05) is 20.0 Å².